The lowest BCUT2D eigenvalue weighted by molar-refractivity contribution is 0.153. The molecule has 1 saturated heterocycles. The Morgan fingerprint density at radius 2 is 1.95 bits per heavy atom. The Hall–Kier alpha value is -1.49. The summed E-state index contributed by atoms with van der Waals surface area (Å²) < 4.78 is 0. The van der Waals surface area contributed by atoms with Crippen molar-refractivity contribution in [1.29, 1.82) is 0 Å². The standard InChI is InChI=1S/C16H20N4.ClH/c1-13-2-5-18-10-15(13)12-20-9-8-19-11-16(20)14-3-6-17-7-4-14;/h2-7,10,16,19H,8-9,11-12H2,1H3;1H. The van der Waals surface area contributed by atoms with E-state index in [9.17, 15) is 0 Å². The Morgan fingerprint density at radius 3 is 2.71 bits per heavy atom. The van der Waals surface area contributed by atoms with Crippen molar-refractivity contribution in [3.05, 3.63) is 59.7 Å². The van der Waals surface area contributed by atoms with Crippen LogP contribution < -0.4 is 5.32 Å². The fourth-order valence-electron chi connectivity index (χ4n) is 2.73. The van der Waals surface area contributed by atoms with Gasteiger partial charge in [-0.3, -0.25) is 14.9 Å². The van der Waals surface area contributed by atoms with Gasteiger partial charge in [0, 0.05) is 57.0 Å². The van der Waals surface area contributed by atoms with Crippen molar-refractivity contribution in [2.24, 2.45) is 0 Å². The van der Waals surface area contributed by atoms with Crippen LogP contribution in [-0.4, -0.2) is 34.5 Å². The third-order valence-electron chi connectivity index (χ3n) is 3.97. The number of pyridine rings is 2. The number of piperazine rings is 1. The molecule has 0 aromatic carbocycles. The van der Waals surface area contributed by atoms with E-state index in [1.165, 1.54) is 16.7 Å². The van der Waals surface area contributed by atoms with E-state index in [4.69, 9.17) is 0 Å². The Morgan fingerprint density at radius 1 is 1.19 bits per heavy atom. The molecule has 0 bridgehead atoms. The van der Waals surface area contributed by atoms with Gasteiger partial charge in [0.05, 0.1) is 0 Å². The van der Waals surface area contributed by atoms with Crippen LogP contribution in [0.1, 0.15) is 22.7 Å². The molecule has 1 aliphatic heterocycles. The number of nitrogens with one attached hydrogen (secondary N) is 1. The van der Waals surface area contributed by atoms with Gasteiger partial charge in [-0.2, -0.15) is 0 Å². The average Bonchev–Trinajstić information content (AvgIpc) is 2.51. The molecule has 1 fully saturated rings. The number of rotatable bonds is 3. The van der Waals surface area contributed by atoms with Crippen LogP contribution in [0.15, 0.2) is 43.0 Å². The minimum Gasteiger partial charge on any atom is -0.314 e. The van der Waals surface area contributed by atoms with E-state index < -0.39 is 0 Å². The van der Waals surface area contributed by atoms with Crippen LogP contribution in [-0.2, 0) is 6.54 Å². The molecule has 1 aliphatic rings. The monoisotopic (exact) mass is 304 g/mol. The molecule has 1 atom stereocenters. The Kier molecular flexibility index (Phi) is 5.67. The third-order valence-corrected chi connectivity index (χ3v) is 3.97. The SMILES string of the molecule is Cc1ccncc1CN1CCNCC1c1ccncc1.Cl. The van der Waals surface area contributed by atoms with Crippen molar-refractivity contribution in [3.8, 4) is 0 Å². The summed E-state index contributed by atoms with van der Waals surface area (Å²) in [5, 5.41) is 3.49. The minimum atomic E-state index is 0. The predicted octanol–water partition coefficient (Wildman–Crippen LogP) is 2.35. The van der Waals surface area contributed by atoms with E-state index in [-0.39, 0.29) is 12.4 Å². The Labute approximate surface area is 132 Å². The minimum absolute atomic E-state index is 0. The molecule has 0 spiro atoms. The van der Waals surface area contributed by atoms with Crippen LogP contribution in [0.25, 0.3) is 0 Å². The fourth-order valence-corrected chi connectivity index (χ4v) is 2.73. The van der Waals surface area contributed by atoms with Crippen molar-refractivity contribution in [2.45, 2.75) is 19.5 Å². The first-order valence-corrected chi connectivity index (χ1v) is 7.09. The summed E-state index contributed by atoms with van der Waals surface area (Å²) in [6.07, 6.45) is 7.59. The lowest BCUT2D eigenvalue weighted by Gasteiger charge is -2.36. The number of hydrogen-bond donors (Lipinski definition) is 1. The van der Waals surface area contributed by atoms with Gasteiger partial charge in [0.15, 0.2) is 0 Å². The maximum atomic E-state index is 4.26. The van der Waals surface area contributed by atoms with Crippen LogP contribution in [0, 0.1) is 6.92 Å². The Bertz CT molecular complexity index is 561. The van der Waals surface area contributed by atoms with E-state index in [0.29, 0.717) is 6.04 Å². The first-order chi connectivity index (χ1) is 9.84. The van der Waals surface area contributed by atoms with Gasteiger partial charge in [-0.15, -0.1) is 12.4 Å². The van der Waals surface area contributed by atoms with E-state index >= 15 is 0 Å². The smallest absolute Gasteiger partial charge is 0.0477 e. The van der Waals surface area contributed by atoms with Crippen molar-refractivity contribution in [2.75, 3.05) is 19.6 Å². The second-order valence-electron chi connectivity index (χ2n) is 5.27. The van der Waals surface area contributed by atoms with Gasteiger partial charge < -0.3 is 5.32 Å². The van der Waals surface area contributed by atoms with Crippen LogP contribution in [0.2, 0.25) is 0 Å². The van der Waals surface area contributed by atoms with Gasteiger partial charge >= 0.3 is 0 Å². The zero-order valence-corrected chi connectivity index (χ0v) is 13.0. The lowest BCUT2D eigenvalue weighted by Crippen LogP contribution is -2.45. The second kappa shape index (κ2) is 7.50. The van der Waals surface area contributed by atoms with E-state index in [1.54, 1.807) is 0 Å². The number of halogens is 1. The molecule has 112 valence electrons. The van der Waals surface area contributed by atoms with Crippen LogP contribution >= 0.6 is 12.4 Å². The molecular weight excluding hydrogens is 284 g/mol. The molecular formula is C16H21ClN4. The molecule has 4 nitrogen and oxygen atoms in total. The summed E-state index contributed by atoms with van der Waals surface area (Å²) in [5.41, 5.74) is 3.95. The van der Waals surface area contributed by atoms with Crippen molar-refractivity contribution >= 4 is 12.4 Å². The molecule has 1 N–H and O–H groups in total. The van der Waals surface area contributed by atoms with Gasteiger partial charge in [-0.05, 0) is 41.8 Å². The van der Waals surface area contributed by atoms with Crippen LogP contribution in [0.3, 0.4) is 0 Å². The van der Waals surface area contributed by atoms with Gasteiger partial charge in [0.2, 0.25) is 0 Å². The number of hydrogen-bond acceptors (Lipinski definition) is 4. The van der Waals surface area contributed by atoms with E-state index in [2.05, 4.69) is 45.3 Å². The molecule has 2 aromatic heterocycles. The summed E-state index contributed by atoms with van der Waals surface area (Å²) in [7, 11) is 0. The van der Waals surface area contributed by atoms with Crippen molar-refractivity contribution < 1.29 is 0 Å². The fraction of sp³-hybridized carbons (Fsp3) is 0.375. The maximum Gasteiger partial charge on any atom is 0.0477 e. The van der Waals surface area contributed by atoms with E-state index in [0.717, 1.165) is 26.2 Å². The predicted molar refractivity (Wildman–Crippen MR) is 86.5 cm³/mol. The van der Waals surface area contributed by atoms with Gasteiger partial charge in [-0.25, -0.2) is 0 Å². The van der Waals surface area contributed by atoms with Gasteiger partial charge in [-0.1, -0.05) is 0 Å². The zero-order chi connectivity index (χ0) is 13.8. The summed E-state index contributed by atoms with van der Waals surface area (Å²) in [5.74, 6) is 0. The van der Waals surface area contributed by atoms with Gasteiger partial charge in [0.1, 0.15) is 0 Å². The number of aromatic nitrogens is 2. The normalized spacial score (nSPS) is 19.0. The molecule has 3 heterocycles. The molecule has 0 saturated carbocycles. The first kappa shape index (κ1) is 15.9. The highest BCUT2D eigenvalue weighted by Crippen LogP contribution is 2.24. The van der Waals surface area contributed by atoms with Gasteiger partial charge in [0.25, 0.3) is 0 Å². The largest absolute Gasteiger partial charge is 0.314 e. The summed E-state index contributed by atoms with van der Waals surface area (Å²) >= 11 is 0. The molecule has 21 heavy (non-hydrogen) atoms. The molecule has 0 amide bonds. The zero-order valence-electron chi connectivity index (χ0n) is 12.2. The molecule has 0 aliphatic carbocycles. The van der Waals surface area contributed by atoms with Crippen LogP contribution in [0.4, 0.5) is 0 Å². The third kappa shape index (κ3) is 3.79. The van der Waals surface area contributed by atoms with E-state index in [1.807, 2.05) is 24.8 Å². The highest BCUT2D eigenvalue weighted by molar-refractivity contribution is 5.85. The molecule has 3 rings (SSSR count). The number of nitrogens with zero attached hydrogens (tertiary/aromatic N) is 3. The second-order valence-corrected chi connectivity index (χ2v) is 5.27. The molecule has 2 aromatic rings. The van der Waals surface area contributed by atoms with Crippen LogP contribution in [0.5, 0.6) is 0 Å². The first-order valence-electron chi connectivity index (χ1n) is 7.09. The maximum absolute atomic E-state index is 4.26. The highest BCUT2D eigenvalue weighted by atomic mass is 35.5. The summed E-state index contributed by atoms with van der Waals surface area (Å²) in [6.45, 7) is 6.19. The molecule has 5 heteroatoms. The lowest BCUT2D eigenvalue weighted by atomic mass is 10.0. The average molecular weight is 305 g/mol. The Balaban J connectivity index is 0.00000161. The van der Waals surface area contributed by atoms with Crippen molar-refractivity contribution in [1.82, 2.24) is 20.2 Å². The summed E-state index contributed by atoms with van der Waals surface area (Å²) in [6, 6.07) is 6.71. The molecule has 1 unspecified atom stereocenters. The van der Waals surface area contributed by atoms with Crippen molar-refractivity contribution in [3.63, 3.8) is 0 Å². The summed E-state index contributed by atoms with van der Waals surface area (Å²) in [4.78, 5) is 10.9. The quantitative estimate of drug-likeness (QED) is 0.945. The number of aryl methyl sites for hydroxylation is 1. The molecule has 0 radical (unpaired) electrons. The highest BCUT2D eigenvalue weighted by Gasteiger charge is 2.24. The topological polar surface area (TPSA) is 41.1 Å².